The quantitative estimate of drug-likeness (QED) is 0.627. The molecule has 3 nitrogen and oxygen atoms in total. The predicted octanol–water partition coefficient (Wildman–Crippen LogP) is 1.88. The fourth-order valence-corrected chi connectivity index (χ4v) is 1.26. The minimum Gasteiger partial charge on any atom is -0.338 e. The van der Waals surface area contributed by atoms with Gasteiger partial charge in [-0.3, -0.25) is 4.79 Å². The molecule has 0 saturated carbocycles. The van der Waals surface area contributed by atoms with Crippen LogP contribution in [0, 0.1) is 12.3 Å². The third-order valence-electron chi connectivity index (χ3n) is 1.92. The van der Waals surface area contributed by atoms with Crippen molar-refractivity contribution in [3.05, 3.63) is 29.0 Å². The molecule has 1 aromatic rings. The van der Waals surface area contributed by atoms with E-state index < -0.39 is 0 Å². The third-order valence-corrected chi connectivity index (χ3v) is 2.22. The largest absolute Gasteiger partial charge is 0.338 e. The van der Waals surface area contributed by atoms with Crippen LogP contribution in [0.5, 0.6) is 0 Å². The number of amides is 1. The normalized spacial score (nSPS) is 11.5. The van der Waals surface area contributed by atoms with E-state index in [2.05, 4.69) is 16.2 Å². The molecule has 1 N–H and O–H groups in total. The average Bonchev–Trinajstić information content (AvgIpc) is 2.26. The molecule has 1 heterocycles. The second-order valence-corrected chi connectivity index (χ2v) is 3.30. The summed E-state index contributed by atoms with van der Waals surface area (Å²) in [5.41, 5.74) is 0.341. The summed E-state index contributed by atoms with van der Waals surface area (Å²) in [6, 6.07) is 2.99. The summed E-state index contributed by atoms with van der Waals surface area (Å²) < 4.78 is 0. The molecule has 0 aliphatic carbocycles. The highest BCUT2D eigenvalue weighted by Gasteiger charge is 2.13. The van der Waals surface area contributed by atoms with Gasteiger partial charge in [0.15, 0.2) is 0 Å². The number of carbonyl (C=O) groups is 1. The lowest BCUT2D eigenvalue weighted by Gasteiger charge is -2.10. The minimum atomic E-state index is -0.294. The van der Waals surface area contributed by atoms with Crippen molar-refractivity contribution in [2.45, 2.75) is 19.4 Å². The van der Waals surface area contributed by atoms with Crippen LogP contribution in [0.15, 0.2) is 18.3 Å². The topological polar surface area (TPSA) is 42.0 Å². The number of terminal acetylenes is 1. The van der Waals surface area contributed by atoms with E-state index in [4.69, 9.17) is 18.0 Å². The van der Waals surface area contributed by atoms with Gasteiger partial charge in [0.2, 0.25) is 0 Å². The number of nitrogens with one attached hydrogen (secondary N) is 1. The Kier molecular flexibility index (Phi) is 4.14. The van der Waals surface area contributed by atoms with Crippen LogP contribution in [-0.4, -0.2) is 16.9 Å². The third kappa shape index (κ3) is 2.97. The van der Waals surface area contributed by atoms with Gasteiger partial charge in [-0.25, -0.2) is 4.98 Å². The first kappa shape index (κ1) is 11.5. The van der Waals surface area contributed by atoms with Crippen molar-refractivity contribution in [3.8, 4) is 12.3 Å². The smallest absolute Gasteiger partial charge is 0.255 e. The molecule has 1 rings (SSSR count). The zero-order chi connectivity index (χ0) is 11.3. The van der Waals surface area contributed by atoms with Gasteiger partial charge < -0.3 is 5.32 Å². The van der Waals surface area contributed by atoms with Gasteiger partial charge in [-0.2, -0.15) is 0 Å². The lowest BCUT2D eigenvalue weighted by molar-refractivity contribution is 0.0945. The van der Waals surface area contributed by atoms with Gasteiger partial charge in [0.1, 0.15) is 5.15 Å². The number of halogens is 1. The van der Waals surface area contributed by atoms with Gasteiger partial charge >= 0.3 is 0 Å². The second-order valence-electron chi connectivity index (χ2n) is 2.94. The van der Waals surface area contributed by atoms with E-state index >= 15 is 0 Å². The molecule has 0 saturated heterocycles. The van der Waals surface area contributed by atoms with Crippen LogP contribution >= 0.6 is 11.6 Å². The van der Waals surface area contributed by atoms with Gasteiger partial charge in [0.25, 0.3) is 5.91 Å². The van der Waals surface area contributed by atoms with Crippen LogP contribution in [0.25, 0.3) is 0 Å². The standard InChI is InChI=1S/C11H11ClN2O/c1-3-8(4-2)14-11(15)9-6-5-7-13-10(9)12/h1,5-8H,4H2,2H3,(H,14,15). The van der Waals surface area contributed by atoms with E-state index in [-0.39, 0.29) is 17.1 Å². The van der Waals surface area contributed by atoms with E-state index in [1.54, 1.807) is 12.1 Å². The Balaban J connectivity index is 2.79. The number of pyridine rings is 1. The zero-order valence-electron chi connectivity index (χ0n) is 8.33. The van der Waals surface area contributed by atoms with E-state index in [9.17, 15) is 4.79 Å². The van der Waals surface area contributed by atoms with Crippen molar-refractivity contribution >= 4 is 17.5 Å². The Morgan fingerprint density at radius 1 is 1.80 bits per heavy atom. The van der Waals surface area contributed by atoms with Crippen molar-refractivity contribution in [1.29, 1.82) is 0 Å². The Bertz CT molecular complexity index is 398. The van der Waals surface area contributed by atoms with Gasteiger partial charge in [-0.1, -0.05) is 24.4 Å². The number of hydrogen-bond acceptors (Lipinski definition) is 2. The van der Waals surface area contributed by atoms with Crippen LogP contribution in [-0.2, 0) is 0 Å². The number of carbonyl (C=O) groups excluding carboxylic acids is 1. The molecular formula is C11H11ClN2O. The maximum Gasteiger partial charge on any atom is 0.255 e. The summed E-state index contributed by atoms with van der Waals surface area (Å²) in [5, 5.41) is 2.86. The van der Waals surface area contributed by atoms with Crippen LogP contribution in [0.2, 0.25) is 5.15 Å². The van der Waals surface area contributed by atoms with E-state index in [1.165, 1.54) is 6.20 Å². The van der Waals surface area contributed by atoms with E-state index in [1.807, 2.05) is 6.92 Å². The lowest BCUT2D eigenvalue weighted by atomic mass is 10.2. The molecule has 0 fully saturated rings. The number of aromatic nitrogens is 1. The highest BCUT2D eigenvalue weighted by Crippen LogP contribution is 2.11. The first-order chi connectivity index (χ1) is 7.19. The number of nitrogens with zero attached hydrogens (tertiary/aromatic N) is 1. The molecule has 78 valence electrons. The first-order valence-corrected chi connectivity index (χ1v) is 4.94. The molecule has 1 atom stereocenters. The molecular weight excluding hydrogens is 212 g/mol. The summed E-state index contributed by atoms with van der Waals surface area (Å²) in [5.74, 6) is 2.18. The van der Waals surface area contributed by atoms with Crippen LogP contribution in [0.1, 0.15) is 23.7 Å². The average molecular weight is 223 g/mol. The van der Waals surface area contributed by atoms with Gasteiger partial charge in [-0.15, -0.1) is 6.42 Å². The van der Waals surface area contributed by atoms with Crippen molar-refractivity contribution < 1.29 is 4.79 Å². The van der Waals surface area contributed by atoms with E-state index in [0.29, 0.717) is 12.0 Å². The molecule has 0 aromatic carbocycles. The molecule has 15 heavy (non-hydrogen) atoms. The fourth-order valence-electron chi connectivity index (χ4n) is 1.05. The van der Waals surface area contributed by atoms with E-state index in [0.717, 1.165) is 0 Å². The molecule has 0 spiro atoms. The molecule has 1 aromatic heterocycles. The summed E-state index contributed by atoms with van der Waals surface area (Å²) in [4.78, 5) is 15.5. The molecule has 1 unspecified atom stereocenters. The monoisotopic (exact) mass is 222 g/mol. The molecule has 0 bridgehead atoms. The SMILES string of the molecule is C#CC(CC)NC(=O)c1cccnc1Cl. The zero-order valence-corrected chi connectivity index (χ0v) is 9.08. The molecule has 1 amide bonds. The summed E-state index contributed by atoms with van der Waals surface area (Å²) in [6.45, 7) is 1.90. The fraction of sp³-hybridized carbons (Fsp3) is 0.273. The summed E-state index contributed by atoms with van der Waals surface area (Å²) in [7, 11) is 0. The first-order valence-electron chi connectivity index (χ1n) is 4.56. The molecule has 0 aliphatic heterocycles. The van der Waals surface area contributed by atoms with Gasteiger partial charge in [0, 0.05) is 6.20 Å². The molecule has 0 aliphatic rings. The van der Waals surface area contributed by atoms with Crippen molar-refractivity contribution in [2.75, 3.05) is 0 Å². The summed E-state index contributed by atoms with van der Waals surface area (Å²) in [6.07, 6.45) is 7.44. The Morgan fingerprint density at radius 3 is 3.07 bits per heavy atom. The Morgan fingerprint density at radius 2 is 2.53 bits per heavy atom. The Labute approximate surface area is 93.9 Å². The van der Waals surface area contributed by atoms with Crippen LogP contribution in [0.4, 0.5) is 0 Å². The van der Waals surface area contributed by atoms with Crippen LogP contribution in [0.3, 0.4) is 0 Å². The van der Waals surface area contributed by atoms with Crippen molar-refractivity contribution in [2.24, 2.45) is 0 Å². The van der Waals surface area contributed by atoms with Crippen LogP contribution < -0.4 is 5.32 Å². The predicted molar refractivity (Wildman–Crippen MR) is 59.6 cm³/mol. The van der Waals surface area contributed by atoms with Crippen molar-refractivity contribution in [3.63, 3.8) is 0 Å². The highest BCUT2D eigenvalue weighted by atomic mass is 35.5. The second kappa shape index (κ2) is 5.38. The number of hydrogen-bond donors (Lipinski definition) is 1. The molecule has 4 heteroatoms. The Hall–Kier alpha value is -1.53. The highest BCUT2D eigenvalue weighted by molar-refractivity contribution is 6.32. The lowest BCUT2D eigenvalue weighted by Crippen LogP contribution is -2.33. The molecule has 0 radical (unpaired) electrons. The summed E-state index contributed by atoms with van der Waals surface area (Å²) >= 11 is 5.77. The number of rotatable bonds is 3. The van der Waals surface area contributed by atoms with Crippen molar-refractivity contribution in [1.82, 2.24) is 10.3 Å². The minimum absolute atomic E-state index is 0.182. The van der Waals surface area contributed by atoms with Gasteiger partial charge in [-0.05, 0) is 18.6 Å². The maximum absolute atomic E-state index is 11.7. The van der Waals surface area contributed by atoms with Gasteiger partial charge in [0.05, 0.1) is 11.6 Å². The maximum atomic E-state index is 11.7.